The van der Waals surface area contributed by atoms with Gasteiger partial charge in [-0.3, -0.25) is 4.98 Å². The Bertz CT molecular complexity index is 421. The Hall–Kier alpha value is -1.66. The lowest BCUT2D eigenvalue weighted by molar-refractivity contribution is -0.0346. The number of aryl methyl sites for hydroxylation is 1. The molecular weight excluding hydrogens is 234 g/mol. The maximum atomic E-state index is 10.9. The number of carboxylic acid groups (broad SMARTS) is 1. The third-order valence-electron chi connectivity index (χ3n) is 3.04. The molecule has 0 aliphatic carbocycles. The second-order valence-electron chi connectivity index (χ2n) is 4.42. The summed E-state index contributed by atoms with van der Waals surface area (Å²) in [6, 6.07) is 3.37. The molecule has 0 bridgehead atoms. The summed E-state index contributed by atoms with van der Waals surface area (Å²) in [5.74, 6) is 0. The fraction of sp³-hybridized carbons (Fsp3) is 0.500. The number of ether oxygens (including phenoxy) is 1. The molecule has 2 rings (SSSR count). The van der Waals surface area contributed by atoms with E-state index >= 15 is 0 Å². The molecule has 6 heteroatoms. The van der Waals surface area contributed by atoms with Crippen LogP contribution in [-0.4, -0.2) is 46.9 Å². The molecule has 98 valence electrons. The van der Waals surface area contributed by atoms with Crippen molar-refractivity contribution < 1.29 is 14.6 Å². The van der Waals surface area contributed by atoms with E-state index in [9.17, 15) is 4.79 Å². The molecule has 2 unspecified atom stereocenters. The first-order valence-corrected chi connectivity index (χ1v) is 5.85. The van der Waals surface area contributed by atoms with Crippen molar-refractivity contribution in [3.8, 4) is 0 Å². The zero-order valence-corrected chi connectivity index (χ0v) is 10.2. The first-order chi connectivity index (χ1) is 8.58. The number of rotatable bonds is 2. The van der Waals surface area contributed by atoms with Crippen molar-refractivity contribution in [2.24, 2.45) is 5.73 Å². The Labute approximate surface area is 105 Å². The summed E-state index contributed by atoms with van der Waals surface area (Å²) in [5, 5.41) is 8.96. The number of morpholine rings is 1. The van der Waals surface area contributed by atoms with Crippen molar-refractivity contribution >= 4 is 6.09 Å². The van der Waals surface area contributed by atoms with Crippen LogP contribution in [0.15, 0.2) is 18.3 Å². The van der Waals surface area contributed by atoms with Gasteiger partial charge in [0.15, 0.2) is 0 Å². The lowest BCUT2D eigenvalue weighted by atomic mass is 10.1. The van der Waals surface area contributed by atoms with Gasteiger partial charge in [0.05, 0.1) is 31.0 Å². The first kappa shape index (κ1) is 12.8. The summed E-state index contributed by atoms with van der Waals surface area (Å²) < 4.78 is 5.53. The number of nitrogens with zero attached hydrogens (tertiary/aromatic N) is 2. The van der Waals surface area contributed by atoms with Gasteiger partial charge < -0.3 is 20.5 Å². The van der Waals surface area contributed by atoms with Crippen LogP contribution >= 0.6 is 0 Å². The van der Waals surface area contributed by atoms with Crippen molar-refractivity contribution in [2.45, 2.75) is 19.1 Å². The standard InChI is InChI=1S/C12H17N3O3/c1-8-2-3-9(14-6-8)11(13)10-7-15(12(16)17)4-5-18-10/h2-3,6,10-11H,4-5,7,13H2,1H3,(H,16,17). The number of nitrogens with two attached hydrogens (primary N) is 1. The van der Waals surface area contributed by atoms with Crippen LogP contribution in [0, 0.1) is 6.92 Å². The topological polar surface area (TPSA) is 88.7 Å². The van der Waals surface area contributed by atoms with Crippen LogP contribution in [0.25, 0.3) is 0 Å². The maximum absolute atomic E-state index is 10.9. The van der Waals surface area contributed by atoms with Crippen molar-refractivity contribution in [3.05, 3.63) is 29.6 Å². The zero-order valence-electron chi connectivity index (χ0n) is 10.2. The second kappa shape index (κ2) is 5.32. The lowest BCUT2D eigenvalue weighted by Gasteiger charge is -2.33. The molecule has 1 saturated heterocycles. The Balaban J connectivity index is 2.06. The predicted octanol–water partition coefficient (Wildman–Crippen LogP) is 0.769. The summed E-state index contributed by atoms with van der Waals surface area (Å²) in [6.45, 7) is 2.99. The molecule has 3 N–H and O–H groups in total. The molecule has 0 aromatic carbocycles. The molecule has 1 amide bonds. The molecule has 6 nitrogen and oxygen atoms in total. The fourth-order valence-electron chi connectivity index (χ4n) is 1.93. The molecule has 1 aliphatic rings. The van der Waals surface area contributed by atoms with Gasteiger partial charge in [0.1, 0.15) is 0 Å². The number of hydrogen-bond donors (Lipinski definition) is 2. The quantitative estimate of drug-likeness (QED) is 0.810. The molecule has 2 heterocycles. The lowest BCUT2D eigenvalue weighted by Crippen LogP contribution is -2.49. The molecule has 1 aromatic rings. The maximum Gasteiger partial charge on any atom is 0.407 e. The van der Waals surface area contributed by atoms with Gasteiger partial charge in [0.2, 0.25) is 0 Å². The van der Waals surface area contributed by atoms with E-state index in [4.69, 9.17) is 15.6 Å². The van der Waals surface area contributed by atoms with Crippen molar-refractivity contribution in [3.63, 3.8) is 0 Å². The van der Waals surface area contributed by atoms with Crippen LogP contribution < -0.4 is 5.73 Å². The molecule has 0 radical (unpaired) electrons. The fourth-order valence-corrected chi connectivity index (χ4v) is 1.93. The minimum absolute atomic E-state index is 0.284. The van der Waals surface area contributed by atoms with Gasteiger partial charge in [-0.1, -0.05) is 6.07 Å². The van der Waals surface area contributed by atoms with Gasteiger partial charge in [0, 0.05) is 12.7 Å². The molecule has 2 atom stereocenters. The number of amides is 1. The van der Waals surface area contributed by atoms with Crippen LogP contribution in [0.3, 0.4) is 0 Å². The predicted molar refractivity (Wildman–Crippen MR) is 65.2 cm³/mol. The third-order valence-corrected chi connectivity index (χ3v) is 3.04. The minimum atomic E-state index is -0.938. The second-order valence-corrected chi connectivity index (χ2v) is 4.42. The Morgan fingerprint density at radius 1 is 1.67 bits per heavy atom. The van der Waals surface area contributed by atoms with E-state index in [2.05, 4.69) is 4.98 Å². The molecule has 1 aliphatic heterocycles. The highest BCUT2D eigenvalue weighted by Crippen LogP contribution is 2.18. The zero-order chi connectivity index (χ0) is 13.1. The number of aromatic nitrogens is 1. The van der Waals surface area contributed by atoms with Gasteiger partial charge in [-0.2, -0.15) is 0 Å². The Morgan fingerprint density at radius 2 is 2.44 bits per heavy atom. The number of pyridine rings is 1. The normalized spacial score (nSPS) is 21.7. The highest BCUT2D eigenvalue weighted by atomic mass is 16.5. The van der Waals surface area contributed by atoms with Gasteiger partial charge in [-0.05, 0) is 18.6 Å². The van der Waals surface area contributed by atoms with Crippen molar-refractivity contribution in [2.75, 3.05) is 19.7 Å². The van der Waals surface area contributed by atoms with E-state index in [1.54, 1.807) is 6.20 Å². The van der Waals surface area contributed by atoms with Crippen LogP contribution in [0.4, 0.5) is 4.79 Å². The van der Waals surface area contributed by atoms with Crippen molar-refractivity contribution in [1.29, 1.82) is 0 Å². The minimum Gasteiger partial charge on any atom is -0.465 e. The smallest absolute Gasteiger partial charge is 0.407 e. The number of carbonyl (C=O) groups is 1. The van der Waals surface area contributed by atoms with Crippen LogP contribution in [-0.2, 0) is 4.74 Å². The molecule has 18 heavy (non-hydrogen) atoms. The SMILES string of the molecule is Cc1ccc(C(N)C2CN(C(=O)O)CCO2)nc1. The molecule has 1 fully saturated rings. The summed E-state index contributed by atoms with van der Waals surface area (Å²) in [4.78, 5) is 16.5. The van der Waals surface area contributed by atoms with Crippen LogP contribution in [0.2, 0.25) is 0 Å². The Kier molecular flexibility index (Phi) is 3.78. The van der Waals surface area contributed by atoms with Gasteiger partial charge in [0.25, 0.3) is 0 Å². The Morgan fingerprint density at radius 3 is 3.06 bits per heavy atom. The third kappa shape index (κ3) is 2.77. The van der Waals surface area contributed by atoms with E-state index in [1.807, 2.05) is 19.1 Å². The molecule has 0 saturated carbocycles. The highest BCUT2D eigenvalue weighted by molar-refractivity contribution is 5.65. The van der Waals surface area contributed by atoms with Gasteiger partial charge in [-0.25, -0.2) is 4.79 Å². The van der Waals surface area contributed by atoms with Crippen LogP contribution in [0.1, 0.15) is 17.3 Å². The van der Waals surface area contributed by atoms with E-state index in [1.165, 1.54) is 4.90 Å². The molecular formula is C12H17N3O3. The number of hydrogen-bond acceptors (Lipinski definition) is 4. The van der Waals surface area contributed by atoms with Crippen LogP contribution in [0.5, 0.6) is 0 Å². The summed E-state index contributed by atoms with van der Waals surface area (Å²) >= 11 is 0. The highest BCUT2D eigenvalue weighted by Gasteiger charge is 2.29. The monoisotopic (exact) mass is 251 g/mol. The molecule has 1 aromatic heterocycles. The summed E-state index contributed by atoms with van der Waals surface area (Å²) in [7, 11) is 0. The average Bonchev–Trinajstić information content (AvgIpc) is 2.39. The van der Waals surface area contributed by atoms with E-state index < -0.39 is 12.1 Å². The average molecular weight is 251 g/mol. The first-order valence-electron chi connectivity index (χ1n) is 5.85. The van der Waals surface area contributed by atoms with Gasteiger partial charge in [-0.15, -0.1) is 0 Å². The van der Waals surface area contributed by atoms with Crippen molar-refractivity contribution in [1.82, 2.24) is 9.88 Å². The van der Waals surface area contributed by atoms with E-state index in [-0.39, 0.29) is 12.6 Å². The molecule has 0 spiro atoms. The van der Waals surface area contributed by atoms with E-state index in [0.717, 1.165) is 11.3 Å². The van der Waals surface area contributed by atoms with E-state index in [0.29, 0.717) is 13.2 Å². The van der Waals surface area contributed by atoms with Gasteiger partial charge >= 0.3 is 6.09 Å². The summed E-state index contributed by atoms with van der Waals surface area (Å²) in [5.41, 5.74) is 7.85. The largest absolute Gasteiger partial charge is 0.465 e. The summed E-state index contributed by atoms with van der Waals surface area (Å²) in [6.07, 6.45) is 0.463.